The number of piperidine rings is 1. The van der Waals surface area contributed by atoms with Gasteiger partial charge in [0.05, 0.1) is 29.5 Å². The Labute approximate surface area is 242 Å². The summed E-state index contributed by atoms with van der Waals surface area (Å²) in [6, 6.07) is 2.45. The number of amides is 2. The smallest absolute Gasteiger partial charge is 0.355 e. The zero-order valence-electron chi connectivity index (χ0n) is 22.9. The monoisotopic (exact) mass is 611 g/mol. The van der Waals surface area contributed by atoms with Crippen LogP contribution < -0.4 is 10.6 Å². The van der Waals surface area contributed by atoms with Crippen LogP contribution in [0.5, 0.6) is 0 Å². The zero-order chi connectivity index (χ0) is 30.2. The van der Waals surface area contributed by atoms with E-state index in [0.717, 1.165) is 0 Å². The molecule has 1 fully saturated rings. The summed E-state index contributed by atoms with van der Waals surface area (Å²) in [5.41, 5.74) is 2.10. The Morgan fingerprint density at radius 1 is 1.33 bits per heavy atom. The van der Waals surface area contributed by atoms with Crippen LogP contribution in [0, 0.1) is 11.8 Å². The Morgan fingerprint density at radius 2 is 2.12 bits per heavy atom. The lowest BCUT2D eigenvalue weighted by Gasteiger charge is -2.30. The summed E-state index contributed by atoms with van der Waals surface area (Å²) in [6.45, 7) is 1.85. The van der Waals surface area contributed by atoms with Crippen LogP contribution in [0.1, 0.15) is 60.5 Å². The van der Waals surface area contributed by atoms with Crippen LogP contribution in [0.15, 0.2) is 41.1 Å². The van der Waals surface area contributed by atoms with Gasteiger partial charge in [0, 0.05) is 49.4 Å². The number of aryl methyl sites for hydroxylation is 1. The van der Waals surface area contributed by atoms with Gasteiger partial charge in [-0.3, -0.25) is 14.3 Å². The number of nitrogens with one attached hydrogen (secondary N) is 2. The van der Waals surface area contributed by atoms with E-state index in [-0.39, 0.29) is 25.7 Å². The second-order valence-corrected chi connectivity index (χ2v) is 11.4. The molecule has 1 unspecified atom stereocenters. The van der Waals surface area contributed by atoms with Gasteiger partial charge in [-0.05, 0) is 43.7 Å². The summed E-state index contributed by atoms with van der Waals surface area (Å²) < 4.78 is 71.0. The number of nitrogens with zero attached hydrogens (tertiary/aromatic N) is 5. The first kappa shape index (κ1) is 30.0. The van der Waals surface area contributed by atoms with E-state index >= 15 is 0 Å². The number of fused-ring (bicyclic) bond motifs is 1. The van der Waals surface area contributed by atoms with Crippen LogP contribution in [-0.4, -0.2) is 61.1 Å². The predicted octanol–water partition coefficient (Wildman–Crippen LogP) is 4.74. The van der Waals surface area contributed by atoms with E-state index in [1.54, 1.807) is 24.6 Å². The van der Waals surface area contributed by atoms with Crippen molar-refractivity contribution < 1.29 is 31.5 Å². The van der Waals surface area contributed by atoms with Crippen molar-refractivity contribution >= 4 is 29.2 Å². The molecule has 1 aliphatic carbocycles. The minimum atomic E-state index is -4.42. The summed E-state index contributed by atoms with van der Waals surface area (Å²) >= 11 is 1.32. The molecule has 226 valence electrons. The number of allylic oxidation sites excluding steroid dienone is 1. The third kappa shape index (κ3) is 6.30. The molecule has 2 amide bonds. The molecule has 0 aromatic carbocycles. The third-order valence-electron chi connectivity index (χ3n) is 7.72. The van der Waals surface area contributed by atoms with E-state index in [2.05, 4.69) is 25.8 Å². The Hall–Kier alpha value is -3.49. The Morgan fingerprint density at radius 3 is 2.79 bits per heavy atom. The topological polar surface area (TPSA) is 106 Å². The number of carbonyl (C=O) groups excluding carboxylic acids is 2. The molecular weight excluding hydrogens is 581 g/mol. The highest BCUT2D eigenvalue weighted by molar-refractivity contribution is 7.98. The van der Waals surface area contributed by atoms with Crippen molar-refractivity contribution in [3.8, 4) is 0 Å². The molecule has 0 saturated carbocycles. The number of halogens is 5. The maximum absolute atomic E-state index is 14.0. The van der Waals surface area contributed by atoms with Crippen molar-refractivity contribution in [1.29, 1.82) is 0 Å². The van der Waals surface area contributed by atoms with Gasteiger partial charge in [0.25, 0.3) is 11.8 Å². The van der Waals surface area contributed by atoms with Gasteiger partial charge in [-0.15, -0.1) is 11.8 Å². The van der Waals surface area contributed by atoms with Crippen LogP contribution in [0.25, 0.3) is 5.65 Å². The highest BCUT2D eigenvalue weighted by atomic mass is 32.2. The predicted molar refractivity (Wildman–Crippen MR) is 144 cm³/mol. The summed E-state index contributed by atoms with van der Waals surface area (Å²) in [7, 11) is 0. The average Bonchev–Trinajstić information content (AvgIpc) is 3.58. The normalized spacial score (nSPS) is 21.6. The minimum absolute atomic E-state index is 0.000549. The van der Waals surface area contributed by atoms with E-state index in [1.807, 2.05) is 6.92 Å². The van der Waals surface area contributed by atoms with Gasteiger partial charge in [0.2, 0.25) is 5.91 Å². The van der Waals surface area contributed by atoms with E-state index in [4.69, 9.17) is 0 Å². The Bertz CT molecular complexity index is 1520. The lowest BCUT2D eigenvalue weighted by molar-refractivity contribution is -0.183. The minimum Gasteiger partial charge on any atom is -0.355 e. The molecular formula is C27H30F5N7O2S. The zero-order valence-corrected chi connectivity index (χ0v) is 23.7. The van der Waals surface area contributed by atoms with E-state index in [0.29, 0.717) is 39.7 Å². The van der Waals surface area contributed by atoms with Crippen molar-refractivity contribution in [2.24, 2.45) is 11.8 Å². The molecule has 3 atom stereocenters. The van der Waals surface area contributed by atoms with Gasteiger partial charge in [-0.1, -0.05) is 6.08 Å². The molecule has 1 saturated heterocycles. The quantitative estimate of drug-likeness (QED) is 0.217. The molecule has 0 spiro atoms. The van der Waals surface area contributed by atoms with Crippen LogP contribution in [0.2, 0.25) is 0 Å². The molecule has 3 aromatic heterocycles. The molecule has 15 heteroatoms. The fourth-order valence-electron chi connectivity index (χ4n) is 5.39. The SMILES string of the molecule is CCn1nccc1C(=O)N[C@@H](C1=CCC(F)(F)CC1)c1cn2nc(CC3C[C@@H](C(F)(F)F)CNC3=O)c(SC)cc2n1. The van der Waals surface area contributed by atoms with Gasteiger partial charge in [-0.25, -0.2) is 18.3 Å². The van der Waals surface area contributed by atoms with Crippen LogP contribution in [0.3, 0.4) is 0 Å². The molecule has 0 bridgehead atoms. The van der Waals surface area contributed by atoms with Crippen molar-refractivity contribution in [1.82, 2.24) is 35.0 Å². The van der Waals surface area contributed by atoms with E-state index in [9.17, 15) is 31.5 Å². The fourth-order valence-corrected chi connectivity index (χ4v) is 5.98. The number of imidazole rings is 1. The first-order valence-corrected chi connectivity index (χ1v) is 14.8. The Balaban J connectivity index is 1.47. The van der Waals surface area contributed by atoms with Gasteiger partial charge < -0.3 is 10.6 Å². The lowest BCUT2D eigenvalue weighted by atomic mass is 9.86. The van der Waals surface area contributed by atoms with Crippen LogP contribution in [0.4, 0.5) is 22.0 Å². The second kappa shape index (κ2) is 11.7. The first-order valence-electron chi connectivity index (χ1n) is 13.6. The number of carbonyl (C=O) groups is 2. The highest BCUT2D eigenvalue weighted by Crippen LogP contribution is 2.38. The standard InChI is InChI=1S/C27H30F5N7O2S/c1-3-38-20(6-9-34-38)25(41)36-23(15-4-7-26(28,29)8-5-15)19-14-39-22(35-19)12-21(42-2)18(37-39)11-16-10-17(27(30,31)32)13-33-24(16)40/h4,6,9,12,14,16-17,23H,3,5,7-8,10-11,13H2,1-2H3,(H,33,40)(H,36,41)/t16?,17-,23+/m1/s1. The molecule has 0 radical (unpaired) electrons. The molecule has 3 aromatic rings. The Kier molecular flexibility index (Phi) is 8.32. The summed E-state index contributed by atoms with van der Waals surface area (Å²) in [4.78, 5) is 31.0. The number of rotatable bonds is 8. The first-order chi connectivity index (χ1) is 19.9. The molecule has 9 nitrogen and oxygen atoms in total. The molecule has 2 aliphatic rings. The largest absolute Gasteiger partial charge is 0.393 e. The van der Waals surface area contributed by atoms with Gasteiger partial charge in [0.1, 0.15) is 5.69 Å². The summed E-state index contributed by atoms with van der Waals surface area (Å²) in [5, 5.41) is 14.0. The van der Waals surface area contributed by atoms with Crippen molar-refractivity contribution in [3.05, 3.63) is 53.3 Å². The van der Waals surface area contributed by atoms with E-state index < -0.39 is 54.8 Å². The van der Waals surface area contributed by atoms with Crippen LogP contribution >= 0.6 is 11.8 Å². The number of aromatic nitrogens is 5. The summed E-state index contributed by atoms with van der Waals surface area (Å²) in [5.74, 6) is -6.28. The van der Waals surface area contributed by atoms with E-state index in [1.165, 1.54) is 33.2 Å². The fraction of sp³-hybridized carbons (Fsp3) is 0.519. The molecule has 2 N–H and O–H groups in total. The van der Waals surface area contributed by atoms with Gasteiger partial charge >= 0.3 is 6.18 Å². The van der Waals surface area contributed by atoms with Gasteiger partial charge in [0.15, 0.2) is 5.65 Å². The number of alkyl halides is 5. The highest BCUT2D eigenvalue weighted by Gasteiger charge is 2.45. The number of hydrogen-bond donors (Lipinski definition) is 2. The van der Waals surface area contributed by atoms with Gasteiger partial charge in [-0.2, -0.15) is 23.4 Å². The average molecular weight is 612 g/mol. The maximum Gasteiger partial charge on any atom is 0.393 e. The lowest BCUT2D eigenvalue weighted by Crippen LogP contribution is -2.47. The van der Waals surface area contributed by atoms with Crippen molar-refractivity contribution in [2.45, 2.75) is 68.6 Å². The molecule has 4 heterocycles. The third-order valence-corrected chi connectivity index (χ3v) is 8.52. The number of hydrogen-bond acceptors (Lipinski definition) is 6. The van der Waals surface area contributed by atoms with Crippen LogP contribution in [-0.2, 0) is 17.8 Å². The van der Waals surface area contributed by atoms with Crippen molar-refractivity contribution in [2.75, 3.05) is 12.8 Å². The number of thioether (sulfide) groups is 1. The van der Waals surface area contributed by atoms with Crippen molar-refractivity contribution in [3.63, 3.8) is 0 Å². The summed E-state index contributed by atoms with van der Waals surface area (Å²) in [6.07, 6.45) is 0.743. The molecule has 5 rings (SSSR count). The second-order valence-electron chi connectivity index (χ2n) is 10.5. The molecule has 1 aliphatic heterocycles. The maximum atomic E-state index is 14.0. The molecule has 42 heavy (non-hydrogen) atoms.